The van der Waals surface area contributed by atoms with Gasteiger partial charge in [0.15, 0.2) is 0 Å². The van der Waals surface area contributed by atoms with E-state index < -0.39 is 18.0 Å². The largest absolute Gasteiger partial charge is 0.451 e. The van der Waals surface area contributed by atoms with Gasteiger partial charge < -0.3 is 10.3 Å². The molecule has 18 heavy (non-hydrogen) atoms. The van der Waals surface area contributed by atoms with Gasteiger partial charge in [0.05, 0.1) is 6.04 Å². The molecule has 6 nitrogen and oxygen atoms in total. The van der Waals surface area contributed by atoms with E-state index in [1.54, 1.807) is 6.92 Å². The second-order valence-corrected chi connectivity index (χ2v) is 3.51. The molecule has 9 heteroatoms. The highest BCUT2D eigenvalue weighted by Crippen LogP contribution is 2.27. The van der Waals surface area contributed by atoms with E-state index >= 15 is 0 Å². The van der Waals surface area contributed by atoms with Crippen LogP contribution in [0.5, 0.6) is 0 Å². The van der Waals surface area contributed by atoms with Gasteiger partial charge in [0.2, 0.25) is 17.5 Å². The summed E-state index contributed by atoms with van der Waals surface area (Å²) >= 11 is 0. The number of rotatable bonds is 2. The van der Waals surface area contributed by atoms with Crippen molar-refractivity contribution in [3.8, 4) is 11.5 Å². The summed E-state index contributed by atoms with van der Waals surface area (Å²) in [5.41, 5.74) is 5.42. The van der Waals surface area contributed by atoms with Crippen LogP contribution in [0.1, 0.15) is 24.7 Å². The Bertz CT molecular complexity index is 551. The molecule has 0 fully saturated rings. The third-order valence-electron chi connectivity index (χ3n) is 1.97. The van der Waals surface area contributed by atoms with Crippen molar-refractivity contribution >= 4 is 0 Å². The first kappa shape index (κ1) is 12.4. The second kappa shape index (κ2) is 4.33. The lowest BCUT2D eigenvalue weighted by Gasteiger charge is -2.04. The molecule has 0 bridgehead atoms. The molecule has 0 aromatic carbocycles. The SMILES string of the molecule is CC(N)c1nc(-c2ccnc(C(F)(F)F)n2)no1. The van der Waals surface area contributed by atoms with Crippen LogP contribution in [0.15, 0.2) is 16.8 Å². The molecule has 2 aromatic heterocycles. The highest BCUT2D eigenvalue weighted by Gasteiger charge is 2.35. The normalized spacial score (nSPS) is 13.6. The molecule has 0 saturated carbocycles. The number of alkyl halides is 3. The summed E-state index contributed by atoms with van der Waals surface area (Å²) in [6.07, 6.45) is -3.64. The number of nitrogens with two attached hydrogens (primary N) is 1. The van der Waals surface area contributed by atoms with Gasteiger partial charge in [0, 0.05) is 6.20 Å². The van der Waals surface area contributed by atoms with Gasteiger partial charge in [-0.1, -0.05) is 5.16 Å². The van der Waals surface area contributed by atoms with E-state index in [1.807, 2.05) is 0 Å². The Balaban J connectivity index is 2.38. The van der Waals surface area contributed by atoms with Crippen LogP contribution in [-0.4, -0.2) is 20.1 Å². The van der Waals surface area contributed by atoms with Crippen molar-refractivity contribution in [3.63, 3.8) is 0 Å². The van der Waals surface area contributed by atoms with Crippen molar-refractivity contribution in [1.29, 1.82) is 0 Å². The van der Waals surface area contributed by atoms with Crippen LogP contribution < -0.4 is 5.73 Å². The number of halogens is 3. The summed E-state index contributed by atoms with van der Waals surface area (Å²) < 4.78 is 42.0. The quantitative estimate of drug-likeness (QED) is 0.880. The van der Waals surface area contributed by atoms with E-state index in [4.69, 9.17) is 10.3 Å². The zero-order chi connectivity index (χ0) is 13.3. The molecule has 0 aliphatic carbocycles. The Labute approximate surface area is 99.0 Å². The lowest BCUT2D eigenvalue weighted by molar-refractivity contribution is -0.144. The fourth-order valence-electron chi connectivity index (χ4n) is 1.14. The average molecular weight is 259 g/mol. The van der Waals surface area contributed by atoms with Crippen LogP contribution in [-0.2, 0) is 6.18 Å². The monoisotopic (exact) mass is 259 g/mol. The minimum atomic E-state index is -4.62. The smallest absolute Gasteiger partial charge is 0.337 e. The van der Waals surface area contributed by atoms with Crippen LogP contribution in [0.3, 0.4) is 0 Å². The maximum Gasteiger partial charge on any atom is 0.451 e. The maximum absolute atomic E-state index is 12.4. The van der Waals surface area contributed by atoms with Crippen molar-refractivity contribution in [2.24, 2.45) is 5.73 Å². The second-order valence-electron chi connectivity index (χ2n) is 3.51. The molecule has 0 aliphatic heterocycles. The zero-order valence-corrected chi connectivity index (χ0v) is 9.14. The molecule has 1 unspecified atom stereocenters. The molecule has 0 amide bonds. The standard InChI is InChI=1S/C9H8F3N5O/c1-4(13)7-16-6(17-18-7)5-2-3-14-8(15-5)9(10,11)12/h2-4H,13H2,1H3. The summed E-state index contributed by atoms with van der Waals surface area (Å²) in [5.74, 6) is -1.19. The average Bonchev–Trinajstić information content (AvgIpc) is 2.77. The number of hydrogen-bond acceptors (Lipinski definition) is 6. The summed E-state index contributed by atoms with van der Waals surface area (Å²) in [4.78, 5) is 10.3. The molecule has 0 spiro atoms. The van der Waals surface area contributed by atoms with Gasteiger partial charge in [0.25, 0.3) is 0 Å². The van der Waals surface area contributed by atoms with Gasteiger partial charge in [-0.05, 0) is 13.0 Å². The molecule has 1 atom stereocenters. The van der Waals surface area contributed by atoms with E-state index in [1.165, 1.54) is 6.07 Å². The van der Waals surface area contributed by atoms with E-state index in [2.05, 4.69) is 20.1 Å². The third kappa shape index (κ3) is 2.45. The molecule has 2 rings (SSSR count). The number of nitrogens with zero attached hydrogens (tertiary/aromatic N) is 4. The first-order chi connectivity index (χ1) is 8.38. The van der Waals surface area contributed by atoms with E-state index in [0.717, 1.165) is 6.20 Å². The van der Waals surface area contributed by atoms with Gasteiger partial charge in [-0.25, -0.2) is 9.97 Å². The Kier molecular flexibility index (Phi) is 2.99. The number of aromatic nitrogens is 4. The minimum absolute atomic E-state index is 0.0600. The lowest BCUT2D eigenvalue weighted by atomic mass is 10.3. The maximum atomic E-state index is 12.4. The summed E-state index contributed by atoms with van der Waals surface area (Å²) in [5, 5.41) is 3.51. The van der Waals surface area contributed by atoms with Crippen molar-refractivity contribution in [3.05, 3.63) is 24.0 Å². The fraction of sp³-hybridized carbons (Fsp3) is 0.333. The van der Waals surface area contributed by atoms with Gasteiger partial charge >= 0.3 is 6.18 Å². The molecule has 2 aromatic rings. The lowest BCUT2D eigenvalue weighted by Crippen LogP contribution is -2.11. The molecular formula is C9H8F3N5O. The topological polar surface area (TPSA) is 90.7 Å². The van der Waals surface area contributed by atoms with Crippen LogP contribution in [0, 0.1) is 0 Å². The zero-order valence-electron chi connectivity index (χ0n) is 9.14. The molecule has 96 valence electrons. The Morgan fingerprint density at radius 2 is 2.06 bits per heavy atom. The van der Waals surface area contributed by atoms with E-state index in [-0.39, 0.29) is 17.4 Å². The predicted molar refractivity (Wildman–Crippen MR) is 52.9 cm³/mol. The highest BCUT2D eigenvalue weighted by atomic mass is 19.4. The molecule has 2 N–H and O–H groups in total. The Morgan fingerprint density at radius 3 is 2.61 bits per heavy atom. The predicted octanol–water partition coefficient (Wildman–Crippen LogP) is 1.57. The van der Waals surface area contributed by atoms with Gasteiger partial charge in [-0.15, -0.1) is 0 Å². The first-order valence-corrected chi connectivity index (χ1v) is 4.87. The minimum Gasteiger partial charge on any atom is -0.337 e. The summed E-state index contributed by atoms with van der Waals surface area (Å²) in [6, 6.07) is 0.751. The fourth-order valence-corrected chi connectivity index (χ4v) is 1.14. The van der Waals surface area contributed by atoms with Crippen molar-refractivity contribution < 1.29 is 17.7 Å². The molecule has 0 aliphatic rings. The third-order valence-corrected chi connectivity index (χ3v) is 1.97. The van der Waals surface area contributed by atoms with Gasteiger partial charge in [-0.2, -0.15) is 18.2 Å². The molecule has 2 heterocycles. The van der Waals surface area contributed by atoms with E-state index in [9.17, 15) is 13.2 Å². The Hall–Kier alpha value is -2.03. The molecule has 0 radical (unpaired) electrons. The Morgan fingerprint density at radius 1 is 1.33 bits per heavy atom. The molecule has 0 saturated heterocycles. The van der Waals surface area contributed by atoms with Gasteiger partial charge in [0.1, 0.15) is 5.69 Å². The van der Waals surface area contributed by atoms with E-state index in [0.29, 0.717) is 0 Å². The van der Waals surface area contributed by atoms with Crippen LogP contribution in [0.25, 0.3) is 11.5 Å². The highest BCUT2D eigenvalue weighted by molar-refractivity contribution is 5.47. The van der Waals surface area contributed by atoms with Crippen molar-refractivity contribution in [2.45, 2.75) is 19.1 Å². The number of hydrogen-bond donors (Lipinski definition) is 1. The van der Waals surface area contributed by atoms with Crippen molar-refractivity contribution in [2.75, 3.05) is 0 Å². The van der Waals surface area contributed by atoms with Crippen LogP contribution in [0.2, 0.25) is 0 Å². The van der Waals surface area contributed by atoms with Crippen molar-refractivity contribution in [1.82, 2.24) is 20.1 Å². The summed E-state index contributed by atoms with van der Waals surface area (Å²) in [6.45, 7) is 1.61. The summed E-state index contributed by atoms with van der Waals surface area (Å²) in [7, 11) is 0. The first-order valence-electron chi connectivity index (χ1n) is 4.87. The van der Waals surface area contributed by atoms with Gasteiger partial charge in [-0.3, -0.25) is 0 Å². The van der Waals surface area contributed by atoms with Crippen LogP contribution >= 0.6 is 0 Å². The molecular weight excluding hydrogens is 251 g/mol. The van der Waals surface area contributed by atoms with Crippen LogP contribution in [0.4, 0.5) is 13.2 Å².